The molecule has 3 heterocycles. The van der Waals surface area contributed by atoms with Crippen LogP contribution < -0.4 is 14.2 Å². The second-order valence-electron chi connectivity index (χ2n) is 8.65. The van der Waals surface area contributed by atoms with Gasteiger partial charge in [-0.1, -0.05) is 0 Å². The van der Waals surface area contributed by atoms with E-state index in [4.69, 9.17) is 18.9 Å². The van der Waals surface area contributed by atoms with E-state index >= 15 is 0 Å². The number of likely N-dealkylation sites (tertiary alicyclic amines) is 2. The highest BCUT2D eigenvalue weighted by atomic mass is 16.5. The predicted octanol–water partition coefficient (Wildman–Crippen LogP) is 1.53. The molecule has 1 spiro atoms. The summed E-state index contributed by atoms with van der Waals surface area (Å²) in [4.78, 5) is 41.7. The van der Waals surface area contributed by atoms with Crippen LogP contribution in [0.4, 0.5) is 0 Å². The molecule has 1 aromatic carbocycles. The van der Waals surface area contributed by atoms with Crippen LogP contribution in [-0.2, 0) is 14.3 Å². The van der Waals surface area contributed by atoms with Gasteiger partial charge in [-0.15, -0.1) is 0 Å². The molecule has 174 valence electrons. The number of piperidine rings is 1. The van der Waals surface area contributed by atoms with Crippen LogP contribution in [0.5, 0.6) is 17.2 Å². The van der Waals surface area contributed by atoms with E-state index in [1.165, 1.54) is 7.11 Å². The first-order valence-electron chi connectivity index (χ1n) is 10.9. The number of benzene rings is 1. The molecule has 1 atom stereocenters. The number of amides is 2. The zero-order chi connectivity index (χ0) is 22.9. The molecular weight excluding hydrogens is 416 g/mol. The van der Waals surface area contributed by atoms with Crippen LogP contribution in [0.1, 0.15) is 36.0 Å². The third kappa shape index (κ3) is 4.13. The summed E-state index contributed by atoms with van der Waals surface area (Å²) in [6.45, 7) is 2.38. The number of ketones is 1. The Morgan fingerprint density at radius 1 is 1.16 bits per heavy atom. The molecule has 3 aliphatic heterocycles. The van der Waals surface area contributed by atoms with E-state index in [0.29, 0.717) is 68.4 Å². The summed E-state index contributed by atoms with van der Waals surface area (Å²) in [6, 6.07) is 3.39. The van der Waals surface area contributed by atoms with Crippen molar-refractivity contribution in [3.63, 3.8) is 0 Å². The predicted molar refractivity (Wildman–Crippen MR) is 114 cm³/mol. The number of ether oxygens (including phenoxy) is 4. The van der Waals surface area contributed by atoms with Crippen molar-refractivity contribution in [1.82, 2.24) is 9.80 Å². The molecule has 0 saturated carbocycles. The fourth-order valence-electron chi connectivity index (χ4n) is 4.88. The minimum absolute atomic E-state index is 0.000934. The van der Waals surface area contributed by atoms with Crippen LogP contribution in [0.2, 0.25) is 0 Å². The third-order valence-corrected chi connectivity index (χ3v) is 6.70. The Morgan fingerprint density at radius 3 is 2.56 bits per heavy atom. The molecule has 0 aromatic heterocycles. The van der Waals surface area contributed by atoms with Gasteiger partial charge in [0.15, 0.2) is 5.78 Å². The largest absolute Gasteiger partial charge is 0.496 e. The highest BCUT2D eigenvalue weighted by molar-refractivity contribution is 6.03. The van der Waals surface area contributed by atoms with Crippen LogP contribution in [0.3, 0.4) is 0 Å². The van der Waals surface area contributed by atoms with Gasteiger partial charge in [-0.05, 0) is 0 Å². The van der Waals surface area contributed by atoms with Gasteiger partial charge >= 0.3 is 0 Å². The molecular formula is C23H30N2O7. The van der Waals surface area contributed by atoms with Gasteiger partial charge in [0.25, 0.3) is 0 Å². The summed E-state index contributed by atoms with van der Waals surface area (Å²) in [5.41, 5.74) is -0.202. The monoisotopic (exact) mass is 446 g/mol. The van der Waals surface area contributed by atoms with E-state index in [2.05, 4.69) is 0 Å². The first kappa shape index (κ1) is 22.4. The number of fused-ring (bicyclic) bond motifs is 1. The average Bonchev–Trinajstić information content (AvgIpc) is 3.17. The number of rotatable bonds is 6. The standard InChI is InChI=1S/C23H30N2O7/c1-29-9-8-25-14-15(10-20(25)27)22(28)24-6-4-23(5-7-24)13-17(26)21-18(31-3)11-16(30-2)12-19(21)32-23/h11-12,15H,4-10,13-14H2,1-3H3. The fraction of sp³-hybridized carbons (Fsp3) is 0.609. The molecule has 0 aliphatic carbocycles. The van der Waals surface area contributed by atoms with Gasteiger partial charge in [0.05, 0.1) is 33.2 Å². The maximum atomic E-state index is 13.0. The summed E-state index contributed by atoms with van der Waals surface area (Å²) in [5, 5.41) is 0. The normalized spacial score (nSPS) is 22.0. The Morgan fingerprint density at radius 2 is 1.91 bits per heavy atom. The summed E-state index contributed by atoms with van der Waals surface area (Å²) in [7, 11) is 4.66. The summed E-state index contributed by atoms with van der Waals surface area (Å²) >= 11 is 0. The van der Waals surface area contributed by atoms with Crippen molar-refractivity contribution >= 4 is 17.6 Å². The number of hydrogen-bond acceptors (Lipinski definition) is 7. The van der Waals surface area contributed by atoms with E-state index in [1.807, 2.05) is 0 Å². The topological polar surface area (TPSA) is 94.6 Å². The van der Waals surface area contributed by atoms with E-state index in [9.17, 15) is 14.4 Å². The second-order valence-corrected chi connectivity index (χ2v) is 8.65. The van der Waals surface area contributed by atoms with Gasteiger partial charge in [-0.25, -0.2) is 0 Å². The average molecular weight is 447 g/mol. The molecule has 0 N–H and O–H groups in total. The lowest BCUT2D eigenvalue weighted by atomic mass is 9.82. The smallest absolute Gasteiger partial charge is 0.227 e. The first-order valence-corrected chi connectivity index (χ1v) is 10.9. The third-order valence-electron chi connectivity index (χ3n) is 6.70. The number of nitrogens with zero attached hydrogens (tertiary/aromatic N) is 2. The maximum absolute atomic E-state index is 13.0. The Kier molecular flexibility index (Phi) is 6.28. The lowest BCUT2D eigenvalue weighted by Gasteiger charge is -2.44. The lowest BCUT2D eigenvalue weighted by Crippen LogP contribution is -2.53. The number of carbonyl (C=O) groups excluding carboxylic acids is 3. The maximum Gasteiger partial charge on any atom is 0.227 e. The summed E-state index contributed by atoms with van der Waals surface area (Å²) in [6.07, 6.45) is 1.60. The first-order chi connectivity index (χ1) is 15.4. The van der Waals surface area contributed by atoms with Gasteiger partial charge in [0.1, 0.15) is 28.4 Å². The molecule has 2 fully saturated rings. The molecule has 2 saturated heterocycles. The van der Waals surface area contributed by atoms with Gasteiger partial charge in [0, 0.05) is 64.7 Å². The molecule has 3 aliphatic rings. The highest BCUT2D eigenvalue weighted by Crippen LogP contribution is 2.45. The van der Waals surface area contributed by atoms with Crippen molar-refractivity contribution in [2.75, 3.05) is 54.1 Å². The van der Waals surface area contributed by atoms with Gasteiger partial charge < -0.3 is 28.7 Å². The lowest BCUT2D eigenvalue weighted by molar-refractivity contribution is -0.139. The minimum Gasteiger partial charge on any atom is -0.496 e. The van der Waals surface area contributed by atoms with E-state index in [-0.39, 0.29) is 36.4 Å². The number of methoxy groups -OCH3 is 3. The van der Waals surface area contributed by atoms with E-state index < -0.39 is 5.60 Å². The molecule has 1 unspecified atom stereocenters. The molecule has 2 amide bonds. The van der Waals surface area contributed by atoms with Crippen LogP contribution in [-0.4, -0.2) is 87.1 Å². The van der Waals surface area contributed by atoms with Crippen molar-refractivity contribution in [3.8, 4) is 17.2 Å². The number of hydrogen-bond donors (Lipinski definition) is 0. The highest BCUT2D eigenvalue weighted by Gasteiger charge is 2.46. The van der Waals surface area contributed by atoms with Crippen molar-refractivity contribution in [3.05, 3.63) is 17.7 Å². The van der Waals surface area contributed by atoms with E-state index in [1.54, 1.807) is 36.2 Å². The minimum atomic E-state index is -0.645. The molecule has 1 aromatic rings. The van der Waals surface area contributed by atoms with Gasteiger partial charge in [-0.2, -0.15) is 0 Å². The van der Waals surface area contributed by atoms with Crippen molar-refractivity contribution in [2.24, 2.45) is 5.92 Å². The Bertz CT molecular complexity index is 908. The fourth-order valence-corrected chi connectivity index (χ4v) is 4.88. The molecule has 32 heavy (non-hydrogen) atoms. The SMILES string of the molecule is COCCN1CC(C(=O)N2CCC3(CC2)CC(=O)c2c(OC)cc(OC)cc2O3)CC1=O. The molecule has 0 radical (unpaired) electrons. The summed E-state index contributed by atoms with van der Waals surface area (Å²) < 4.78 is 22.1. The Balaban J connectivity index is 1.42. The molecule has 9 nitrogen and oxygen atoms in total. The number of carbonyl (C=O) groups is 3. The van der Waals surface area contributed by atoms with Crippen molar-refractivity contribution in [1.29, 1.82) is 0 Å². The van der Waals surface area contributed by atoms with Crippen molar-refractivity contribution < 1.29 is 33.3 Å². The molecule has 0 bridgehead atoms. The quantitative estimate of drug-likeness (QED) is 0.654. The molecule has 9 heteroatoms. The van der Waals surface area contributed by atoms with Gasteiger partial charge in [-0.3, -0.25) is 14.4 Å². The zero-order valence-electron chi connectivity index (χ0n) is 18.8. The Hall–Kier alpha value is -2.81. The van der Waals surface area contributed by atoms with Gasteiger partial charge in [0.2, 0.25) is 11.8 Å². The zero-order valence-corrected chi connectivity index (χ0v) is 18.8. The van der Waals surface area contributed by atoms with Crippen LogP contribution >= 0.6 is 0 Å². The number of Topliss-reactive ketones (excluding diaryl/α,β-unsaturated/α-hetero) is 1. The van der Waals surface area contributed by atoms with Crippen LogP contribution in [0.15, 0.2) is 12.1 Å². The summed E-state index contributed by atoms with van der Waals surface area (Å²) in [5.74, 6) is 1.11. The Labute approximate surface area is 187 Å². The van der Waals surface area contributed by atoms with Crippen LogP contribution in [0.25, 0.3) is 0 Å². The van der Waals surface area contributed by atoms with Crippen molar-refractivity contribution in [2.45, 2.75) is 31.3 Å². The second kappa shape index (κ2) is 8.97. The van der Waals surface area contributed by atoms with Crippen LogP contribution in [0, 0.1) is 5.92 Å². The van der Waals surface area contributed by atoms with E-state index in [0.717, 1.165) is 0 Å². The molecule has 4 rings (SSSR count).